The number of hydrogen-bond donors (Lipinski definition) is 1. The van der Waals surface area contributed by atoms with Crippen molar-refractivity contribution in [1.29, 1.82) is 0 Å². The second-order valence-corrected chi connectivity index (χ2v) is 2.54. The van der Waals surface area contributed by atoms with Gasteiger partial charge in [0.1, 0.15) is 12.9 Å². The van der Waals surface area contributed by atoms with Crippen LogP contribution in [0.5, 0.6) is 0 Å². The lowest BCUT2D eigenvalue weighted by atomic mass is 10.6. The molecule has 0 aromatic carbocycles. The lowest BCUT2D eigenvalue weighted by molar-refractivity contribution is -0.157. The Morgan fingerprint density at radius 3 is 2.80 bits per heavy atom. The van der Waals surface area contributed by atoms with Crippen LogP contribution in [0.15, 0.2) is 6.33 Å². The van der Waals surface area contributed by atoms with Crippen LogP contribution in [-0.2, 0) is 25.6 Å². The van der Waals surface area contributed by atoms with Crippen LogP contribution in [0.4, 0.5) is 5.95 Å². The van der Waals surface area contributed by atoms with E-state index in [2.05, 4.69) is 19.6 Å². The monoisotopic (exact) mass is 214 g/mol. The zero-order valence-electron chi connectivity index (χ0n) is 8.04. The van der Waals surface area contributed by atoms with E-state index >= 15 is 0 Å². The van der Waals surface area contributed by atoms with Crippen LogP contribution in [-0.4, -0.2) is 40.4 Å². The summed E-state index contributed by atoms with van der Waals surface area (Å²) in [6.45, 7) is -0.569. The Balaban J connectivity index is 2.33. The van der Waals surface area contributed by atoms with Crippen LogP contribution >= 0.6 is 0 Å². The van der Waals surface area contributed by atoms with Gasteiger partial charge in [0.05, 0.1) is 7.11 Å². The highest BCUT2D eigenvalue weighted by atomic mass is 16.6. The van der Waals surface area contributed by atoms with Crippen LogP contribution in [0.1, 0.15) is 0 Å². The van der Waals surface area contributed by atoms with Crippen LogP contribution in [0.2, 0.25) is 0 Å². The Kier molecular flexibility index (Phi) is 3.61. The largest absolute Gasteiger partial charge is 0.466 e. The summed E-state index contributed by atoms with van der Waals surface area (Å²) in [5, 5.41) is 3.66. The number of nitrogens with two attached hydrogens (primary N) is 1. The summed E-state index contributed by atoms with van der Waals surface area (Å²) in [5.74, 6) is -1.18. The van der Waals surface area contributed by atoms with Gasteiger partial charge in [0.2, 0.25) is 5.95 Å². The third-order valence-electron chi connectivity index (χ3n) is 1.42. The standard InChI is InChI=1S/C7H10N4O4/c1-14-6(13)3-15-5(12)2-11-4-9-7(8)10-11/h4H,2-3H2,1H3,(H2,8,10). The Morgan fingerprint density at radius 1 is 1.53 bits per heavy atom. The molecule has 0 bridgehead atoms. The van der Waals surface area contributed by atoms with Gasteiger partial charge in [-0.3, -0.25) is 4.79 Å². The van der Waals surface area contributed by atoms with Crippen molar-refractivity contribution in [3.05, 3.63) is 6.33 Å². The first-order valence-corrected chi connectivity index (χ1v) is 3.99. The maximum Gasteiger partial charge on any atom is 0.344 e. The molecule has 0 saturated heterocycles. The van der Waals surface area contributed by atoms with Crippen LogP contribution in [0.25, 0.3) is 0 Å². The normalized spacial score (nSPS) is 9.67. The lowest BCUT2D eigenvalue weighted by Gasteiger charge is -2.02. The first-order valence-electron chi connectivity index (χ1n) is 3.99. The van der Waals surface area contributed by atoms with Crippen molar-refractivity contribution >= 4 is 17.9 Å². The maximum absolute atomic E-state index is 11.1. The number of ether oxygens (including phenoxy) is 2. The quantitative estimate of drug-likeness (QED) is 0.612. The SMILES string of the molecule is COC(=O)COC(=O)Cn1cnc(N)n1. The highest BCUT2D eigenvalue weighted by Crippen LogP contribution is 1.91. The topological polar surface area (TPSA) is 109 Å². The van der Waals surface area contributed by atoms with Crippen molar-refractivity contribution < 1.29 is 19.1 Å². The molecule has 0 unspecified atom stereocenters. The number of rotatable bonds is 4. The Hall–Kier alpha value is -2.12. The molecule has 82 valence electrons. The minimum atomic E-state index is -0.624. The van der Waals surface area contributed by atoms with Crippen molar-refractivity contribution in [2.45, 2.75) is 6.54 Å². The molecule has 0 atom stereocenters. The minimum absolute atomic E-state index is 0.0655. The lowest BCUT2D eigenvalue weighted by Crippen LogP contribution is -2.19. The summed E-state index contributed by atoms with van der Waals surface area (Å²) in [6, 6.07) is 0. The molecule has 1 heterocycles. The summed E-state index contributed by atoms with van der Waals surface area (Å²) >= 11 is 0. The predicted octanol–water partition coefficient (Wildman–Crippen LogP) is -1.42. The second-order valence-electron chi connectivity index (χ2n) is 2.54. The van der Waals surface area contributed by atoms with E-state index in [-0.39, 0.29) is 12.5 Å². The third kappa shape index (κ3) is 3.63. The van der Waals surface area contributed by atoms with E-state index < -0.39 is 18.5 Å². The Bertz CT molecular complexity index is 362. The molecular formula is C7H10N4O4. The molecule has 15 heavy (non-hydrogen) atoms. The molecule has 0 radical (unpaired) electrons. The summed E-state index contributed by atoms with van der Waals surface area (Å²) in [6.07, 6.45) is 1.29. The van der Waals surface area contributed by atoms with Gasteiger partial charge >= 0.3 is 11.9 Å². The molecule has 0 aliphatic rings. The number of anilines is 1. The number of nitrogen functional groups attached to an aromatic ring is 1. The highest BCUT2D eigenvalue weighted by molar-refractivity contribution is 5.76. The van der Waals surface area contributed by atoms with Crippen LogP contribution in [0.3, 0.4) is 0 Å². The van der Waals surface area contributed by atoms with Gasteiger partial charge in [-0.25, -0.2) is 14.5 Å². The first kappa shape index (κ1) is 11.0. The summed E-state index contributed by atoms with van der Waals surface area (Å²) in [5.41, 5.74) is 5.23. The molecule has 8 nitrogen and oxygen atoms in total. The van der Waals surface area contributed by atoms with Gasteiger partial charge in [0.25, 0.3) is 0 Å². The summed E-state index contributed by atoms with van der Waals surface area (Å²) in [4.78, 5) is 25.3. The summed E-state index contributed by atoms with van der Waals surface area (Å²) < 4.78 is 10.1. The fourth-order valence-electron chi connectivity index (χ4n) is 0.761. The fraction of sp³-hybridized carbons (Fsp3) is 0.429. The van der Waals surface area contributed by atoms with E-state index in [1.165, 1.54) is 18.1 Å². The van der Waals surface area contributed by atoms with Gasteiger partial charge in [0, 0.05) is 0 Å². The zero-order chi connectivity index (χ0) is 11.3. The predicted molar refractivity (Wildman–Crippen MR) is 47.4 cm³/mol. The van der Waals surface area contributed by atoms with Gasteiger partial charge in [-0.1, -0.05) is 0 Å². The molecule has 2 N–H and O–H groups in total. The third-order valence-corrected chi connectivity index (χ3v) is 1.42. The van der Waals surface area contributed by atoms with Gasteiger partial charge in [-0.05, 0) is 0 Å². The van der Waals surface area contributed by atoms with E-state index in [0.717, 1.165) is 0 Å². The molecule has 0 spiro atoms. The van der Waals surface area contributed by atoms with Gasteiger partial charge in [0.15, 0.2) is 6.61 Å². The Morgan fingerprint density at radius 2 is 2.27 bits per heavy atom. The number of nitrogens with zero attached hydrogens (tertiary/aromatic N) is 3. The number of aromatic nitrogens is 3. The number of hydrogen-bond acceptors (Lipinski definition) is 7. The molecule has 0 saturated carbocycles. The van der Waals surface area contributed by atoms with E-state index in [0.29, 0.717) is 0 Å². The number of methoxy groups -OCH3 is 1. The fourth-order valence-corrected chi connectivity index (χ4v) is 0.761. The molecule has 0 amide bonds. The van der Waals surface area contributed by atoms with Crippen molar-refractivity contribution in [2.75, 3.05) is 19.5 Å². The molecular weight excluding hydrogens is 204 g/mol. The van der Waals surface area contributed by atoms with Crippen molar-refractivity contribution in [1.82, 2.24) is 14.8 Å². The number of carbonyl (C=O) groups is 2. The van der Waals surface area contributed by atoms with Crippen LogP contribution < -0.4 is 5.73 Å². The molecule has 0 aliphatic carbocycles. The van der Waals surface area contributed by atoms with E-state index in [1.54, 1.807) is 0 Å². The van der Waals surface area contributed by atoms with Gasteiger partial charge in [-0.2, -0.15) is 0 Å². The second kappa shape index (κ2) is 4.94. The molecule has 8 heteroatoms. The van der Waals surface area contributed by atoms with E-state index in [4.69, 9.17) is 5.73 Å². The van der Waals surface area contributed by atoms with E-state index in [1.807, 2.05) is 0 Å². The molecule has 0 fully saturated rings. The molecule has 1 aromatic heterocycles. The van der Waals surface area contributed by atoms with Crippen molar-refractivity contribution in [2.24, 2.45) is 0 Å². The number of esters is 2. The zero-order valence-corrected chi connectivity index (χ0v) is 8.04. The minimum Gasteiger partial charge on any atom is -0.466 e. The van der Waals surface area contributed by atoms with E-state index in [9.17, 15) is 9.59 Å². The first-order chi connectivity index (χ1) is 7.11. The highest BCUT2D eigenvalue weighted by Gasteiger charge is 2.08. The molecule has 0 aliphatic heterocycles. The average Bonchev–Trinajstić information content (AvgIpc) is 2.60. The van der Waals surface area contributed by atoms with Crippen LogP contribution in [0, 0.1) is 0 Å². The average molecular weight is 214 g/mol. The summed E-state index contributed by atoms with van der Waals surface area (Å²) in [7, 11) is 1.20. The molecule has 1 rings (SSSR count). The number of carbonyl (C=O) groups excluding carboxylic acids is 2. The van der Waals surface area contributed by atoms with Gasteiger partial charge < -0.3 is 15.2 Å². The Labute approximate surface area is 85.0 Å². The van der Waals surface area contributed by atoms with Crippen molar-refractivity contribution in [3.63, 3.8) is 0 Å². The smallest absolute Gasteiger partial charge is 0.344 e. The maximum atomic E-state index is 11.1. The van der Waals surface area contributed by atoms with Crippen molar-refractivity contribution in [3.8, 4) is 0 Å². The van der Waals surface area contributed by atoms with Gasteiger partial charge in [-0.15, -0.1) is 5.10 Å². The molecule has 1 aromatic rings.